The fourth-order valence-corrected chi connectivity index (χ4v) is 1.68. The number of aryl methyl sites for hydroxylation is 1. The van der Waals surface area contributed by atoms with Crippen molar-refractivity contribution in [2.24, 2.45) is 0 Å². The molecule has 0 amide bonds. The minimum Gasteiger partial charge on any atom is -0.484 e. The minimum absolute atomic E-state index is 0.195. The summed E-state index contributed by atoms with van der Waals surface area (Å²) >= 11 is 0. The summed E-state index contributed by atoms with van der Waals surface area (Å²) in [6, 6.07) is 6.72. The van der Waals surface area contributed by atoms with Gasteiger partial charge in [-0.15, -0.1) is 0 Å². The second kappa shape index (κ2) is 6.33. The summed E-state index contributed by atoms with van der Waals surface area (Å²) in [5, 5.41) is 6.93. The van der Waals surface area contributed by atoms with Crippen molar-refractivity contribution in [2.75, 3.05) is 6.54 Å². The third-order valence-electron chi connectivity index (χ3n) is 2.63. The average molecular weight is 264 g/mol. The Labute approximate surface area is 111 Å². The Balaban J connectivity index is 1.96. The van der Waals surface area contributed by atoms with E-state index in [2.05, 4.69) is 10.5 Å². The standard InChI is InChI=1S/C14H17FN2O2/c1-3-16-8-11-4-5-14(13(15)7-11)18-9-12-6-10(2)19-17-12/h4-7,16H,3,8-9H2,1-2H3. The van der Waals surface area contributed by atoms with Crippen LogP contribution in [0.4, 0.5) is 4.39 Å². The second-order valence-corrected chi connectivity index (χ2v) is 4.26. The van der Waals surface area contributed by atoms with E-state index in [4.69, 9.17) is 9.26 Å². The van der Waals surface area contributed by atoms with E-state index in [9.17, 15) is 4.39 Å². The zero-order valence-electron chi connectivity index (χ0n) is 11.1. The summed E-state index contributed by atoms with van der Waals surface area (Å²) in [6.45, 7) is 5.50. The van der Waals surface area contributed by atoms with Crippen molar-refractivity contribution in [3.63, 3.8) is 0 Å². The maximum atomic E-state index is 13.8. The van der Waals surface area contributed by atoms with Crippen LogP contribution in [-0.4, -0.2) is 11.7 Å². The van der Waals surface area contributed by atoms with E-state index in [1.807, 2.05) is 13.0 Å². The van der Waals surface area contributed by atoms with Crippen molar-refractivity contribution in [1.29, 1.82) is 0 Å². The van der Waals surface area contributed by atoms with Gasteiger partial charge in [0.25, 0.3) is 0 Å². The van der Waals surface area contributed by atoms with Crippen LogP contribution in [0.5, 0.6) is 5.75 Å². The lowest BCUT2D eigenvalue weighted by atomic mass is 10.2. The van der Waals surface area contributed by atoms with Crippen LogP contribution >= 0.6 is 0 Å². The quantitative estimate of drug-likeness (QED) is 0.871. The van der Waals surface area contributed by atoms with Crippen LogP contribution in [0.15, 0.2) is 28.8 Å². The summed E-state index contributed by atoms with van der Waals surface area (Å²) in [5.74, 6) is 0.566. The molecule has 0 saturated carbocycles. The summed E-state index contributed by atoms with van der Waals surface area (Å²) in [6.07, 6.45) is 0. The lowest BCUT2D eigenvalue weighted by Gasteiger charge is -2.07. The first-order valence-corrected chi connectivity index (χ1v) is 6.23. The van der Waals surface area contributed by atoms with E-state index < -0.39 is 0 Å². The fraction of sp³-hybridized carbons (Fsp3) is 0.357. The Hall–Kier alpha value is -1.88. The fourth-order valence-electron chi connectivity index (χ4n) is 1.68. The topological polar surface area (TPSA) is 47.3 Å². The number of aromatic nitrogens is 1. The number of rotatable bonds is 6. The molecule has 1 aromatic heterocycles. The van der Waals surface area contributed by atoms with Crippen molar-refractivity contribution in [3.8, 4) is 5.75 Å². The maximum Gasteiger partial charge on any atom is 0.165 e. The van der Waals surface area contributed by atoms with Gasteiger partial charge in [0, 0.05) is 12.6 Å². The second-order valence-electron chi connectivity index (χ2n) is 4.26. The monoisotopic (exact) mass is 264 g/mol. The first-order chi connectivity index (χ1) is 9.19. The first kappa shape index (κ1) is 13.5. The van der Waals surface area contributed by atoms with Crippen LogP contribution in [0.25, 0.3) is 0 Å². The van der Waals surface area contributed by atoms with Gasteiger partial charge < -0.3 is 14.6 Å². The molecule has 4 nitrogen and oxygen atoms in total. The molecular weight excluding hydrogens is 247 g/mol. The molecule has 2 aromatic rings. The number of hydrogen-bond donors (Lipinski definition) is 1. The molecule has 19 heavy (non-hydrogen) atoms. The summed E-state index contributed by atoms with van der Waals surface area (Å²) in [4.78, 5) is 0. The highest BCUT2D eigenvalue weighted by Crippen LogP contribution is 2.19. The van der Waals surface area contributed by atoms with E-state index >= 15 is 0 Å². The number of hydrogen-bond acceptors (Lipinski definition) is 4. The molecule has 0 radical (unpaired) electrons. The first-order valence-electron chi connectivity index (χ1n) is 6.23. The van der Waals surface area contributed by atoms with Gasteiger partial charge in [-0.05, 0) is 31.2 Å². The molecule has 0 fully saturated rings. The van der Waals surface area contributed by atoms with Gasteiger partial charge >= 0.3 is 0 Å². The molecule has 0 unspecified atom stereocenters. The van der Waals surface area contributed by atoms with E-state index in [1.165, 1.54) is 6.07 Å². The predicted octanol–water partition coefficient (Wildman–Crippen LogP) is 2.81. The highest BCUT2D eigenvalue weighted by molar-refractivity contribution is 5.29. The van der Waals surface area contributed by atoms with Crippen LogP contribution in [0.3, 0.4) is 0 Å². The Kier molecular flexibility index (Phi) is 4.52. The van der Waals surface area contributed by atoms with Gasteiger partial charge in [-0.3, -0.25) is 0 Å². The molecule has 0 aliphatic heterocycles. The smallest absolute Gasteiger partial charge is 0.165 e. The van der Waals surface area contributed by atoms with E-state index in [-0.39, 0.29) is 18.2 Å². The highest BCUT2D eigenvalue weighted by Gasteiger charge is 2.07. The molecule has 102 valence electrons. The van der Waals surface area contributed by atoms with Crippen molar-refractivity contribution >= 4 is 0 Å². The van der Waals surface area contributed by atoms with Gasteiger partial charge in [-0.25, -0.2) is 4.39 Å². The van der Waals surface area contributed by atoms with Crippen molar-refractivity contribution in [1.82, 2.24) is 10.5 Å². The molecule has 0 spiro atoms. The molecule has 0 bridgehead atoms. The van der Waals surface area contributed by atoms with Crippen LogP contribution in [0.2, 0.25) is 0 Å². The number of ether oxygens (including phenoxy) is 1. The van der Waals surface area contributed by atoms with Crippen molar-refractivity contribution in [2.45, 2.75) is 27.0 Å². The molecule has 2 rings (SSSR count). The normalized spacial score (nSPS) is 10.7. The van der Waals surface area contributed by atoms with E-state index in [0.29, 0.717) is 18.0 Å². The number of benzene rings is 1. The van der Waals surface area contributed by atoms with Gasteiger partial charge in [0.15, 0.2) is 11.6 Å². The van der Waals surface area contributed by atoms with E-state index in [1.54, 1.807) is 19.1 Å². The molecule has 1 aromatic carbocycles. The third kappa shape index (κ3) is 3.79. The predicted molar refractivity (Wildman–Crippen MR) is 69.4 cm³/mol. The molecule has 5 heteroatoms. The average Bonchev–Trinajstić information content (AvgIpc) is 2.81. The number of halogens is 1. The van der Waals surface area contributed by atoms with Crippen LogP contribution in [0, 0.1) is 12.7 Å². The van der Waals surface area contributed by atoms with Gasteiger partial charge in [-0.1, -0.05) is 18.1 Å². The third-order valence-corrected chi connectivity index (χ3v) is 2.63. The van der Waals surface area contributed by atoms with Gasteiger partial charge in [0.05, 0.1) is 0 Å². The van der Waals surface area contributed by atoms with Crippen molar-refractivity contribution < 1.29 is 13.7 Å². The number of nitrogens with zero attached hydrogens (tertiary/aromatic N) is 1. The van der Waals surface area contributed by atoms with Gasteiger partial charge in [0.2, 0.25) is 0 Å². The Morgan fingerprint density at radius 2 is 2.21 bits per heavy atom. The Morgan fingerprint density at radius 3 is 2.84 bits per heavy atom. The minimum atomic E-state index is -0.365. The number of nitrogens with one attached hydrogen (secondary N) is 1. The molecule has 0 atom stereocenters. The van der Waals surface area contributed by atoms with Gasteiger partial charge in [0.1, 0.15) is 18.1 Å². The summed E-state index contributed by atoms with van der Waals surface area (Å²) in [7, 11) is 0. The lowest BCUT2D eigenvalue weighted by Crippen LogP contribution is -2.11. The molecule has 0 saturated heterocycles. The molecule has 1 heterocycles. The SMILES string of the molecule is CCNCc1ccc(OCc2cc(C)on2)c(F)c1. The Morgan fingerprint density at radius 1 is 1.37 bits per heavy atom. The van der Waals surface area contributed by atoms with Gasteiger partial charge in [-0.2, -0.15) is 0 Å². The van der Waals surface area contributed by atoms with Crippen LogP contribution < -0.4 is 10.1 Å². The maximum absolute atomic E-state index is 13.8. The Bertz CT molecular complexity index is 540. The lowest BCUT2D eigenvalue weighted by molar-refractivity contribution is 0.275. The largest absolute Gasteiger partial charge is 0.484 e. The zero-order valence-corrected chi connectivity index (χ0v) is 11.1. The zero-order chi connectivity index (χ0) is 13.7. The van der Waals surface area contributed by atoms with Crippen LogP contribution in [-0.2, 0) is 13.2 Å². The molecule has 1 N–H and O–H groups in total. The van der Waals surface area contributed by atoms with Crippen molar-refractivity contribution in [3.05, 3.63) is 47.1 Å². The summed E-state index contributed by atoms with van der Waals surface area (Å²) in [5.41, 5.74) is 1.54. The molecular formula is C14H17FN2O2. The van der Waals surface area contributed by atoms with Crippen LogP contribution in [0.1, 0.15) is 23.9 Å². The molecule has 0 aliphatic carbocycles. The highest BCUT2D eigenvalue weighted by atomic mass is 19.1. The summed E-state index contributed by atoms with van der Waals surface area (Å²) < 4.78 is 24.1. The van der Waals surface area contributed by atoms with E-state index in [0.717, 1.165) is 12.1 Å². The molecule has 0 aliphatic rings.